The predicted molar refractivity (Wildman–Crippen MR) is 124 cm³/mol. The van der Waals surface area contributed by atoms with Gasteiger partial charge in [0.25, 0.3) is 0 Å². The number of nitrogens with one attached hydrogen (secondary N) is 1. The van der Waals surface area contributed by atoms with Crippen LogP contribution in [-0.4, -0.2) is 57.3 Å². The lowest BCUT2D eigenvalue weighted by Gasteiger charge is -2.58. The van der Waals surface area contributed by atoms with E-state index in [0.29, 0.717) is 41.3 Å². The maximum Gasteiger partial charge on any atom is 0.212 e. The number of rotatable bonds is 9. The quantitative estimate of drug-likeness (QED) is 0.640. The van der Waals surface area contributed by atoms with Crippen molar-refractivity contribution in [3.63, 3.8) is 0 Å². The molecule has 6 atom stereocenters. The zero-order valence-corrected chi connectivity index (χ0v) is 20.0. The number of methoxy groups -OCH3 is 1. The molecule has 3 unspecified atom stereocenters. The van der Waals surface area contributed by atoms with Gasteiger partial charge in [-0.1, -0.05) is 40.2 Å². The van der Waals surface area contributed by atoms with E-state index in [-0.39, 0.29) is 6.04 Å². The van der Waals surface area contributed by atoms with Gasteiger partial charge in [0.05, 0.1) is 30.6 Å². The largest absolute Gasteiger partial charge is 0.481 e. The molecule has 0 radical (unpaired) electrons. The SMILES string of the molecule is CC[C@@H](C)[C@H](C)[C@@H](C)C(c1[nH]ncc1C#N)N1CC2CC(C1)N2Cc1ccc(OC)nc1. The Morgan fingerprint density at radius 1 is 1.19 bits per heavy atom. The van der Waals surface area contributed by atoms with Crippen LogP contribution in [0.1, 0.15) is 63.4 Å². The van der Waals surface area contributed by atoms with Crippen LogP contribution in [0.25, 0.3) is 0 Å². The van der Waals surface area contributed by atoms with Crippen LogP contribution in [0.15, 0.2) is 24.5 Å². The second-order valence-corrected chi connectivity index (χ2v) is 9.74. The average Bonchev–Trinajstić information content (AvgIpc) is 3.30. The lowest BCUT2D eigenvalue weighted by molar-refractivity contribution is -0.0988. The molecule has 5 rings (SSSR count). The lowest BCUT2D eigenvalue weighted by Crippen LogP contribution is -2.68. The highest BCUT2D eigenvalue weighted by molar-refractivity contribution is 5.33. The van der Waals surface area contributed by atoms with Crippen molar-refractivity contribution in [2.24, 2.45) is 17.8 Å². The highest BCUT2D eigenvalue weighted by atomic mass is 16.5. The van der Waals surface area contributed by atoms with Crippen LogP contribution in [0.2, 0.25) is 0 Å². The number of hydrogen-bond donors (Lipinski definition) is 1. The summed E-state index contributed by atoms with van der Waals surface area (Å²) in [5.41, 5.74) is 2.89. The molecule has 2 aromatic heterocycles. The highest BCUT2D eigenvalue weighted by Crippen LogP contribution is 2.43. The molecular weight excluding hydrogens is 400 g/mol. The summed E-state index contributed by atoms with van der Waals surface area (Å²) in [5.74, 6) is 2.28. The van der Waals surface area contributed by atoms with Gasteiger partial charge in [-0.15, -0.1) is 0 Å². The van der Waals surface area contributed by atoms with Crippen molar-refractivity contribution in [1.29, 1.82) is 5.26 Å². The normalized spacial score (nSPS) is 24.8. The molecule has 32 heavy (non-hydrogen) atoms. The first-order valence-electron chi connectivity index (χ1n) is 11.9. The Labute approximate surface area is 191 Å². The fraction of sp³-hybridized carbons (Fsp3) is 0.640. The Morgan fingerprint density at radius 2 is 1.94 bits per heavy atom. The van der Waals surface area contributed by atoms with Crippen molar-refractivity contribution in [2.45, 2.75) is 65.2 Å². The molecule has 0 amide bonds. The van der Waals surface area contributed by atoms with E-state index in [1.807, 2.05) is 12.3 Å². The van der Waals surface area contributed by atoms with Gasteiger partial charge in [0.2, 0.25) is 5.88 Å². The third-order valence-electron chi connectivity index (χ3n) is 8.09. The van der Waals surface area contributed by atoms with Gasteiger partial charge in [-0.05, 0) is 29.7 Å². The third-order valence-corrected chi connectivity index (χ3v) is 8.09. The van der Waals surface area contributed by atoms with Gasteiger partial charge in [0.15, 0.2) is 0 Å². The number of aromatic nitrogens is 3. The molecule has 5 heterocycles. The van der Waals surface area contributed by atoms with E-state index in [0.717, 1.165) is 25.3 Å². The Hall–Kier alpha value is -2.43. The minimum Gasteiger partial charge on any atom is -0.481 e. The molecule has 172 valence electrons. The number of pyridine rings is 1. The van der Waals surface area contributed by atoms with Crippen LogP contribution in [0, 0.1) is 29.1 Å². The minimum absolute atomic E-state index is 0.186. The first-order chi connectivity index (χ1) is 15.5. The van der Waals surface area contributed by atoms with Crippen molar-refractivity contribution < 1.29 is 4.74 Å². The van der Waals surface area contributed by atoms with E-state index in [9.17, 15) is 5.26 Å². The molecule has 3 saturated heterocycles. The molecule has 7 nitrogen and oxygen atoms in total. The van der Waals surface area contributed by atoms with E-state index in [2.05, 4.69) is 64.8 Å². The summed E-state index contributed by atoms with van der Waals surface area (Å²) in [7, 11) is 1.65. The van der Waals surface area contributed by atoms with Crippen molar-refractivity contribution >= 4 is 0 Å². The zero-order chi connectivity index (χ0) is 22.8. The van der Waals surface area contributed by atoms with Crippen LogP contribution in [-0.2, 0) is 6.54 Å². The number of H-pyrrole nitrogens is 1. The van der Waals surface area contributed by atoms with Gasteiger partial charge < -0.3 is 4.74 Å². The summed E-state index contributed by atoms with van der Waals surface area (Å²) < 4.78 is 5.19. The second kappa shape index (κ2) is 9.60. The molecule has 3 aliphatic rings. The summed E-state index contributed by atoms with van der Waals surface area (Å²) in [6, 6.07) is 7.67. The van der Waals surface area contributed by atoms with Crippen molar-refractivity contribution in [1.82, 2.24) is 25.0 Å². The summed E-state index contributed by atoms with van der Waals surface area (Å²) in [6.45, 7) is 12.3. The van der Waals surface area contributed by atoms with Crippen molar-refractivity contribution in [3.05, 3.63) is 41.3 Å². The van der Waals surface area contributed by atoms with E-state index in [4.69, 9.17) is 4.74 Å². The first-order valence-corrected chi connectivity index (χ1v) is 11.9. The van der Waals surface area contributed by atoms with E-state index in [1.54, 1.807) is 13.3 Å². The van der Waals surface area contributed by atoms with Gasteiger partial charge in [-0.3, -0.25) is 14.9 Å². The fourth-order valence-corrected chi connectivity index (χ4v) is 5.61. The molecule has 3 aliphatic heterocycles. The third kappa shape index (κ3) is 4.26. The predicted octanol–water partition coefficient (Wildman–Crippen LogP) is 4.00. The number of piperazine rings is 1. The minimum atomic E-state index is 0.186. The Bertz CT molecular complexity index is 923. The summed E-state index contributed by atoms with van der Waals surface area (Å²) in [5, 5.41) is 17.1. The number of fused-ring (bicyclic) bond motifs is 2. The van der Waals surface area contributed by atoms with Gasteiger partial charge in [0, 0.05) is 44.0 Å². The van der Waals surface area contributed by atoms with Gasteiger partial charge in [-0.25, -0.2) is 4.98 Å². The number of aromatic amines is 1. The summed E-state index contributed by atoms with van der Waals surface area (Å²) >= 11 is 0. The van der Waals surface area contributed by atoms with Gasteiger partial charge >= 0.3 is 0 Å². The lowest BCUT2D eigenvalue weighted by atomic mass is 9.76. The highest BCUT2D eigenvalue weighted by Gasteiger charge is 2.48. The van der Waals surface area contributed by atoms with Crippen LogP contribution >= 0.6 is 0 Å². The van der Waals surface area contributed by atoms with E-state index >= 15 is 0 Å². The van der Waals surface area contributed by atoms with Gasteiger partial charge in [-0.2, -0.15) is 10.4 Å². The fourth-order valence-electron chi connectivity index (χ4n) is 5.61. The van der Waals surface area contributed by atoms with E-state index in [1.165, 1.54) is 18.4 Å². The zero-order valence-electron chi connectivity index (χ0n) is 20.0. The Morgan fingerprint density at radius 3 is 2.53 bits per heavy atom. The standard InChI is InChI=1S/C25H36N6O/c1-6-16(2)17(3)18(4)25(24-20(10-26)12-28-29-24)30-14-21-9-22(15-30)31(21)13-19-7-8-23(32-5)27-11-19/h7-8,11-12,16-18,21-22,25H,6,9,13-15H2,1-5H3,(H,28,29)/t16-,17+,18-,21?,22?,25?/m1/s1. The molecule has 3 fully saturated rings. The average molecular weight is 437 g/mol. The van der Waals surface area contributed by atoms with E-state index < -0.39 is 0 Å². The number of piperidine rings is 1. The Kier molecular flexibility index (Phi) is 6.82. The smallest absolute Gasteiger partial charge is 0.212 e. The molecule has 1 N–H and O–H groups in total. The molecule has 0 saturated carbocycles. The Balaban J connectivity index is 1.51. The first kappa shape index (κ1) is 22.8. The molecule has 0 aliphatic carbocycles. The maximum atomic E-state index is 9.68. The summed E-state index contributed by atoms with van der Waals surface area (Å²) in [6.07, 6.45) is 6.02. The molecule has 7 heteroatoms. The molecule has 2 bridgehead atoms. The number of hydrogen-bond acceptors (Lipinski definition) is 6. The topological polar surface area (TPSA) is 81.1 Å². The van der Waals surface area contributed by atoms with Crippen molar-refractivity contribution in [2.75, 3.05) is 20.2 Å². The van der Waals surface area contributed by atoms with Crippen LogP contribution in [0.4, 0.5) is 0 Å². The monoisotopic (exact) mass is 436 g/mol. The van der Waals surface area contributed by atoms with Crippen molar-refractivity contribution in [3.8, 4) is 11.9 Å². The van der Waals surface area contributed by atoms with Crippen LogP contribution < -0.4 is 4.74 Å². The number of nitriles is 1. The summed E-state index contributed by atoms with van der Waals surface area (Å²) in [4.78, 5) is 9.58. The maximum absolute atomic E-state index is 9.68. The molecule has 0 aromatic carbocycles. The molecule has 0 spiro atoms. The number of nitrogens with zero attached hydrogens (tertiary/aromatic N) is 5. The van der Waals surface area contributed by atoms with Gasteiger partial charge in [0.1, 0.15) is 6.07 Å². The number of ether oxygens (including phenoxy) is 1. The second-order valence-electron chi connectivity index (χ2n) is 9.74. The molecular formula is C25H36N6O. The van der Waals surface area contributed by atoms with Crippen LogP contribution in [0.3, 0.4) is 0 Å². The molecule has 2 aromatic rings. The van der Waals surface area contributed by atoms with Crippen LogP contribution in [0.5, 0.6) is 5.88 Å².